The van der Waals surface area contributed by atoms with Crippen LogP contribution in [0.3, 0.4) is 0 Å². The Labute approximate surface area is 174 Å². The van der Waals surface area contributed by atoms with Gasteiger partial charge in [-0.05, 0) is 45.5 Å². The fourth-order valence-electron chi connectivity index (χ4n) is 3.44. The molecule has 2 aromatic rings. The SMILES string of the molecule is CCN1CCN(C(=O)C(C)Sc2nc3cc(Cl)ccc3c(=O)n2C(C)C)CC1. The largest absolute Gasteiger partial charge is 0.339 e. The van der Waals surface area contributed by atoms with Crippen molar-refractivity contribution in [1.29, 1.82) is 0 Å². The maximum atomic E-state index is 13.0. The Hall–Kier alpha value is -1.57. The van der Waals surface area contributed by atoms with Crippen molar-refractivity contribution in [3.63, 3.8) is 0 Å². The molecule has 0 aliphatic carbocycles. The van der Waals surface area contributed by atoms with Gasteiger partial charge in [-0.2, -0.15) is 0 Å². The van der Waals surface area contributed by atoms with Gasteiger partial charge >= 0.3 is 0 Å². The highest BCUT2D eigenvalue weighted by molar-refractivity contribution is 8.00. The van der Waals surface area contributed by atoms with Crippen LogP contribution in [-0.4, -0.2) is 63.2 Å². The highest BCUT2D eigenvalue weighted by atomic mass is 35.5. The smallest absolute Gasteiger partial charge is 0.262 e. The zero-order valence-electron chi connectivity index (χ0n) is 16.8. The Balaban J connectivity index is 1.87. The second kappa shape index (κ2) is 8.84. The number of carbonyl (C=O) groups is 1. The Morgan fingerprint density at radius 2 is 1.89 bits per heavy atom. The molecule has 0 spiro atoms. The Morgan fingerprint density at radius 3 is 2.50 bits per heavy atom. The fourth-order valence-corrected chi connectivity index (χ4v) is 4.73. The van der Waals surface area contributed by atoms with E-state index in [9.17, 15) is 9.59 Å². The van der Waals surface area contributed by atoms with Gasteiger partial charge in [-0.3, -0.25) is 14.2 Å². The van der Waals surface area contributed by atoms with Gasteiger partial charge in [0.2, 0.25) is 5.91 Å². The molecule has 1 aromatic carbocycles. The van der Waals surface area contributed by atoms with Crippen LogP contribution in [0.4, 0.5) is 0 Å². The first-order valence-electron chi connectivity index (χ1n) is 9.71. The summed E-state index contributed by atoms with van der Waals surface area (Å²) in [5, 5.41) is 1.32. The third-order valence-corrected chi connectivity index (χ3v) is 6.40. The molecule has 3 rings (SSSR count). The molecule has 1 aliphatic heterocycles. The number of hydrogen-bond donors (Lipinski definition) is 0. The van der Waals surface area contributed by atoms with E-state index >= 15 is 0 Å². The highest BCUT2D eigenvalue weighted by Crippen LogP contribution is 2.27. The lowest BCUT2D eigenvalue weighted by molar-refractivity contribution is -0.132. The third-order valence-electron chi connectivity index (χ3n) is 5.11. The minimum Gasteiger partial charge on any atom is -0.339 e. The predicted octanol–water partition coefficient (Wildman–Crippen LogP) is 3.28. The van der Waals surface area contributed by atoms with Gasteiger partial charge in [0.15, 0.2) is 5.16 Å². The molecule has 152 valence electrons. The number of amides is 1. The van der Waals surface area contributed by atoms with Crippen molar-refractivity contribution in [2.45, 2.75) is 44.1 Å². The number of likely N-dealkylation sites (N-methyl/N-ethyl adjacent to an activating group) is 1. The fraction of sp³-hybridized carbons (Fsp3) is 0.550. The summed E-state index contributed by atoms with van der Waals surface area (Å²) in [6.45, 7) is 12.2. The number of benzene rings is 1. The van der Waals surface area contributed by atoms with Crippen LogP contribution < -0.4 is 5.56 Å². The normalized spacial score (nSPS) is 16.7. The average Bonchev–Trinajstić information content (AvgIpc) is 2.66. The van der Waals surface area contributed by atoms with Crippen molar-refractivity contribution >= 4 is 40.2 Å². The van der Waals surface area contributed by atoms with E-state index in [0.29, 0.717) is 21.1 Å². The molecule has 8 heteroatoms. The lowest BCUT2D eigenvalue weighted by Gasteiger charge is -2.35. The number of halogens is 1. The maximum Gasteiger partial charge on any atom is 0.262 e. The average molecular weight is 423 g/mol. The van der Waals surface area contributed by atoms with Crippen LogP contribution in [-0.2, 0) is 4.79 Å². The minimum atomic E-state index is -0.318. The molecule has 1 unspecified atom stereocenters. The monoisotopic (exact) mass is 422 g/mol. The quantitative estimate of drug-likeness (QED) is 0.546. The number of carbonyl (C=O) groups excluding carboxylic acids is 1. The van der Waals surface area contributed by atoms with Crippen LogP contribution in [0, 0.1) is 0 Å². The van der Waals surface area contributed by atoms with Gasteiger partial charge in [-0.15, -0.1) is 0 Å². The first kappa shape index (κ1) is 21.1. The maximum absolute atomic E-state index is 13.0. The summed E-state index contributed by atoms with van der Waals surface area (Å²) in [6, 6.07) is 5.05. The lowest BCUT2D eigenvalue weighted by Crippen LogP contribution is -2.50. The van der Waals surface area contributed by atoms with Crippen LogP contribution in [0.25, 0.3) is 10.9 Å². The molecule has 0 radical (unpaired) electrons. The molecule has 1 fully saturated rings. The zero-order chi connectivity index (χ0) is 20.4. The molecule has 6 nitrogen and oxygen atoms in total. The molecule has 2 heterocycles. The number of rotatable bonds is 5. The summed E-state index contributed by atoms with van der Waals surface area (Å²) in [6.07, 6.45) is 0. The van der Waals surface area contributed by atoms with Gasteiger partial charge in [-0.1, -0.05) is 30.3 Å². The number of fused-ring (bicyclic) bond motifs is 1. The van der Waals surface area contributed by atoms with Gasteiger partial charge < -0.3 is 9.80 Å². The van der Waals surface area contributed by atoms with E-state index in [2.05, 4.69) is 16.8 Å². The van der Waals surface area contributed by atoms with Crippen LogP contribution in [0.15, 0.2) is 28.2 Å². The number of nitrogens with zero attached hydrogens (tertiary/aromatic N) is 4. The molecule has 1 aromatic heterocycles. The van der Waals surface area contributed by atoms with Crippen molar-refractivity contribution in [2.75, 3.05) is 32.7 Å². The van der Waals surface area contributed by atoms with Crippen molar-refractivity contribution < 1.29 is 4.79 Å². The Morgan fingerprint density at radius 1 is 1.21 bits per heavy atom. The topological polar surface area (TPSA) is 58.4 Å². The van der Waals surface area contributed by atoms with E-state index in [1.165, 1.54) is 11.8 Å². The highest BCUT2D eigenvalue weighted by Gasteiger charge is 2.27. The first-order valence-corrected chi connectivity index (χ1v) is 11.0. The Bertz CT molecular complexity index is 922. The lowest BCUT2D eigenvalue weighted by atomic mass is 10.2. The van der Waals surface area contributed by atoms with E-state index in [-0.39, 0.29) is 22.8 Å². The second-order valence-electron chi connectivity index (χ2n) is 7.34. The van der Waals surface area contributed by atoms with Crippen LogP contribution >= 0.6 is 23.4 Å². The summed E-state index contributed by atoms with van der Waals surface area (Å²) < 4.78 is 1.67. The molecule has 0 N–H and O–H groups in total. The molecular formula is C20H27ClN4O2S. The van der Waals surface area contributed by atoms with Gasteiger partial charge in [-0.25, -0.2) is 4.98 Å². The van der Waals surface area contributed by atoms with Gasteiger partial charge in [0, 0.05) is 37.2 Å². The minimum absolute atomic E-state index is 0.0574. The van der Waals surface area contributed by atoms with Crippen molar-refractivity contribution in [3.05, 3.63) is 33.6 Å². The first-order chi connectivity index (χ1) is 13.3. The number of hydrogen-bond acceptors (Lipinski definition) is 5. The van der Waals surface area contributed by atoms with E-state index in [1.54, 1.807) is 22.8 Å². The number of thioether (sulfide) groups is 1. The summed E-state index contributed by atoms with van der Waals surface area (Å²) in [7, 11) is 0. The van der Waals surface area contributed by atoms with Gasteiger partial charge in [0.1, 0.15) is 0 Å². The second-order valence-corrected chi connectivity index (χ2v) is 9.09. The summed E-state index contributed by atoms with van der Waals surface area (Å²) in [5.41, 5.74) is 0.462. The van der Waals surface area contributed by atoms with Crippen LogP contribution in [0.1, 0.15) is 33.7 Å². The molecule has 1 amide bonds. The van der Waals surface area contributed by atoms with E-state index in [0.717, 1.165) is 32.7 Å². The van der Waals surface area contributed by atoms with E-state index in [4.69, 9.17) is 11.6 Å². The summed E-state index contributed by atoms with van der Waals surface area (Å²) in [4.78, 5) is 34.9. The molecule has 1 saturated heterocycles. The Kier molecular flexibility index (Phi) is 6.68. The molecule has 1 aliphatic rings. The van der Waals surface area contributed by atoms with Crippen molar-refractivity contribution in [1.82, 2.24) is 19.4 Å². The molecule has 0 saturated carbocycles. The summed E-state index contributed by atoms with van der Waals surface area (Å²) >= 11 is 7.43. The molecule has 1 atom stereocenters. The third kappa shape index (κ3) is 4.36. The molecular weight excluding hydrogens is 396 g/mol. The van der Waals surface area contributed by atoms with E-state index in [1.807, 2.05) is 25.7 Å². The van der Waals surface area contributed by atoms with Crippen molar-refractivity contribution in [3.8, 4) is 0 Å². The number of piperazine rings is 1. The molecule has 28 heavy (non-hydrogen) atoms. The van der Waals surface area contributed by atoms with E-state index < -0.39 is 0 Å². The standard InChI is InChI=1S/C20H27ClN4O2S/c1-5-23-8-10-24(11-9-23)18(26)14(4)28-20-22-17-12-15(21)6-7-16(17)19(27)25(20)13(2)3/h6-7,12-14H,5,8-11H2,1-4H3. The summed E-state index contributed by atoms with van der Waals surface area (Å²) in [5.74, 6) is 0.0940. The van der Waals surface area contributed by atoms with Crippen LogP contribution in [0.2, 0.25) is 5.02 Å². The van der Waals surface area contributed by atoms with Crippen molar-refractivity contribution in [2.24, 2.45) is 0 Å². The van der Waals surface area contributed by atoms with Gasteiger partial charge in [0.05, 0.1) is 16.2 Å². The van der Waals surface area contributed by atoms with Crippen LogP contribution in [0.5, 0.6) is 0 Å². The van der Waals surface area contributed by atoms with Gasteiger partial charge in [0.25, 0.3) is 5.56 Å². The zero-order valence-corrected chi connectivity index (χ0v) is 18.4. The number of aromatic nitrogens is 2. The molecule has 0 bridgehead atoms. The predicted molar refractivity (Wildman–Crippen MR) is 115 cm³/mol.